The molecule has 0 aliphatic carbocycles. The molecule has 0 aliphatic rings. The molecule has 0 saturated heterocycles. The third kappa shape index (κ3) is 3.08. The number of aryl methyl sites for hydroxylation is 3. The van der Waals surface area contributed by atoms with Crippen LogP contribution in [0.3, 0.4) is 0 Å². The van der Waals surface area contributed by atoms with E-state index in [4.69, 9.17) is 0 Å². The molecular weight excluding hydrogens is 194 g/mol. The van der Waals surface area contributed by atoms with Crippen molar-refractivity contribution in [2.45, 2.75) is 60.0 Å². The molecule has 90 valence electrons. The lowest BCUT2D eigenvalue weighted by molar-refractivity contribution is 0.468. The second-order valence-corrected chi connectivity index (χ2v) is 4.99. The van der Waals surface area contributed by atoms with E-state index in [1.807, 2.05) is 0 Å². The fraction of sp³-hybridized carbons (Fsp3) is 0.600. The van der Waals surface area contributed by atoms with Gasteiger partial charge in [-0.1, -0.05) is 19.1 Å². The molecule has 1 heteroatoms. The molecule has 2 unspecified atom stereocenters. The van der Waals surface area contributed by atoms with Crippen LogP contribution in [0.25, 0.3) is 0 Å². The number of hydrogen-bond donors (Lipinski definition) is 1. The molecule has 2 atom stereocenters. The van der Waals surface area contributed by atoms with E-state index in [0.29, 0.717) is 12.1 Å². The molecule has 0 fully saturated rings. The molecule has 0 aromatic heterocycles. The topological polar surface area (TPSA) is 12.0 Å². The third-order valence-electron chi connectivity index (χ3n) is 3.50. The van der Waals surface area contributed by atoms with Gasteiger partial charge in [-0.25, -0.2) is 0 Å². The maximum atomic E-state index is 3.63. The second kappa shape index (κ2) is 5.49. The smallest absolute Gasteiger partial charge is 0.0296 e. The van der Waals surface area contributed by atoms with E-state index in [9.17, 15) is 0 Å². The lowest BCUT2D eigenvalue weighted by Crippen LogP contribution is -2.28. The highest BCUT2D eigenvalue weighted by Crippen LogP contribution is 2.22. The summed E-state index contributed by atoms with van der Waals surface area (Å²) in [6, 6.07) is 5.63. The molecule has 1 nitrogen and oxygen atoms in total. The molecule has 1 rings (SSSR count). The first-order valence-electron chi connectivity index (χ1n) is 6.29. The second-order valence-electron chi connectivity index (χ2n) is 4.99. The molecule has 1 N–H and O–H groups in total. The predicted molar refractivity (Wildman–Crippen MR) is 72.0 cm³/mol. The summed E-state index contributed by atoms with van der Waals surface area (Å²) in [7, 11) is 0. The molecule has 0 spiro atoms. The molecule has 0 heterocycles. The standard InChI is InChI=1S/C15H25N/c1-7-13(5)16-14(6)15-9-11(3)10(2)8-12(15)4/h8-9,13-14,16H,7H2,1-6H3. The maximum Gasteiger partial charge on any atom is 0.0296 e. The van der Waals surface area contributed by atoms with E-state index in [1.165, 1.54) is 28.7 Å². The molecule has 0 radical (unpaired) electrons. The van der Waals surface area contributed by atoms with Gasteiger partial charge >= 0.3 is 0 Å². The van der Waals surface area contributed by atoms with Gasteiger partial charge in [-0.05, 0) is 63.3 Å². The van der Waals surface area contributed by atoms with Gasteiger partial charge in [-0.3, -0.25) is 0 Å². The monoisotopic (exact) mass is 219 g/mol. The average Bonchev–Trinajstić information content (AvgIpc) is 2.23. The third-order valence-corrected chi connectivity index (χ3v) is 3.50. The first-order chi connectivity index (χ1) is 7.45. The van der Waals surface area contributed by atoms with Crippen molar-refractivity contribution in [3.63, 3.8) is 0 Å². The Bertz CT molecular complexity index is 355. The van der Waals surface area contributed by atoms with E-state index >= 15 is 0 Å². The van der Waals surface area contributed by atoms with Crippen LogP contribution in [0.15, 0.2) is 12.1 Å². The van der Waals surface area contributed by atoms with Crippen molar-refractivity contribution in [2.24, 2.45) is 0 Å². The van der Waals surface area contributed by atoms with Gasteiger partial charge in [0.25, 0.3) is 0 Å². The largest absolute Gasteiger partial charge is 0.308 e. The SMILES string of the molecule is CCC(C)NC(C)c1cc(C)c(C)cc1C. The number of benzene rings is 1. The van der Waals surface area contributed by atoms with E-state index in [2.05, 4.69) is 59.0 Å². The van der Waals surface area contributed by atoms with Gasteiger partial charge in [0.15, 0.2) is 0 Å². The van der Waals surface area contributed by atoms with Crippen LogP contribution < -0.4 is 5.32 Å². The normalized spacial score (nSPS) is 14.9. The minimum Gasteiger partial charge on any atom is -0.308 e. The van der Waals surface area contributed by atoms with E-state index in [-0.39, 0.29) is 0 Å². The molecular formula is C15H25N. The quantitative estimate of drug-likeness (QED) is 0.805. The van der Waals surface area contributed by atoms with Gasteiger partial charge in [0.05, 0.1) is 0 Å². The summed E-state index contributed by atoms with van der Waals surface area (Å²) < 4.78 is 0. The zero-order chi connectivity index (χ0) is 12.3. The molecule has 1 aromatic carbocycles. The fourth-order valence-corrected chi connectivity index (χ4v) is 2.08. The van der Waals surface area contributed by atoms with Gasteiger partial charge < -0.3 is 5.32 Å². The number of rotatable bonds is 4. The first-order valence-corrected chi connectivity index (χ1v) is 6.29. The Morgan fingerprint density at radius 2 is 1.56 bits per heavy atom. The Labute approximate surface area is 100 Å². The Hall–Kier alpha value is -0.820. The van der Waals surface area contributed by atoms with Crippen molar-refractivity contribution in [2.75, 3.05) is 0 Å². The number of nitrogens with one attached hydrogen (secondary N) is 1. The van der Waals surface area contributed by atoms with Gasteiger partial charge in [0, 0.05) is 12.1 Å². The molecule has 1 aromatic rings. The van der Waals surface area contributed by atoms with Crippen molar-refractivity contribution in [3.8, 4) is 0 Å². The van der Waals surface area contributed by atoms with E-state index in [1.54, 1.807) is 0 Å². The summed E-state index contributed by atoms with van der Waals surface area (Å²) in [5.41, 5.74) is 5.60. The van der Waals surface area contributed by atoms with Crippen molar-refractivity contribution < 1.29 is 0 Å². The van der Waals surface area contributed by atoms with Gasteiger partial charge in [-0.15, -0.1) is 0 Å². The number of hydrogen-bond acceptors (Lipinski definition) is 1. The fourth-order valence-electron chi connectivity index (χ4n) is 2.08. The highest BCUT2D eigenvalue weighted by atomic mass is 14.9. The Balaban J connectivity index is 2.91. The molecule has 16 heavy (non-hydrogen) atoms. The molecule has 0 bridgehead atoms. The Morgan fingerprint density at radius 1 is 1.00 bits per heavy atom. The van der Waals surface area contributed by atoms with E-state index in [0.717, 1.165) is 0 Å². The highest BCUT2D eigenvalue weighted by Gasteiger charge is 2.11. The first kappa shape index (κ1) is 13.2. The lowest BCUT2D eigenvalue weighted by Gasteiger charge is -2.22. The molecule has 0 saturated carbocycles. The van der Waals surface area contributed by atoms with Crippen molar-refractivity contribution >= 4 is 0 Å². The summed E-state index contributed by atoms with van der Waals surface area (Å²) in [4.78, 5) is 0. The zero-order valence-electron chi connectivity index (χ0n) is 11.5. The zero-order valence-corrected chi connectivity index (χ0v) is 11.5. The predicted octanol–water partition coefficient (Wildman–Crippen LogP) is 4.06. The highest BCUT2D eigenvalue weighted by molar-refractivity contribution is 5.38. The van der Waals surface area contributed by atoms with Crippen LogP contribution in [-0.2, 0) is 0 Å². The van der Waals surface area contributed by atoms with Crippen molar-refractivity contribution in [1.29, 1.82) is 0 Å². The minimum absolute atomic E-state index is 0.439. The van der Waals surface area contributed by atoms with Crippen LogP contribution in [0.2, 0.25) is 0 Å². The minimum atomic E-state index is 0.439. The van der Waals surface area contributed by atoms with Gasteiger partial charge in [-0.2, -0.15) is 0 Å². The summed E-state index contributed by atoms with van der Waals surface area (Å²) in [5.74, 6) is 0. The maximum absolute atomic E-state index is 3.63. The Morgan fingerprint density at radius 3 is 2.12 bits per heavy atom. The van der Waals surface area contributed by atoms with E-state index < -0.39 is 0 Å². The lowest BCUT2D eigenvalue weighted by atomic mass is 9.96. The summed E-state index contributed by atoms with van der Waals surface area (Å²) in [5, 5.41) is 3.63. The molecule has 0 aliphatic heterocycles. The summed E-state index contributed by atoms with van der Waals surface area (Å²) >= 11 is 0. The van der Waals surface area contributed by atoms with Crippen LogP contribution in [-0.4, -0.2) is 6.04 Å². The summed E-state index contributed by atoms with van der Waals surface area (Å²) in [6.45, 7) is 13.3. The van der Waals surface area contributed by atoms with Crippen molar-refractivity contribution in [1.82, 2.24) is 5.32 Å². The van der Waals surface area contributed by atoms with Crippen LogP contribution >= 0.6 is 0 Å². The van der Waals surface area contributed by atoms with Crippen LogP contribution in [0, 0.1) is 20.8 Å². The van der Waals surface area contributed by atoms with Gasteiger partial charge in [0.1, 0.15) is 0 Å². The van der Waals surface area contributed by atoms with Crippen LogP contribution in [0.5, 0.6) is 0 Å². The summed E-state index contributed by atoms with van der Waals surface area (Å²) in [6.07, 6.45) is 1.17. The van der Waals surface area contributed by atoms with Crippen molar-refractivity contribution in [3.05, 3.63) is 34.4 Å². The average molecular weight is 219 g/mol. The van der Waals surface area contributed by atoms with Crippen LogP contribution in [0.4, 0.5) is 0 Å². The molecule has 0 amide bonds. The van der Waals surface area contributed by atoms with Crippen LogP contribution in [0.1, 0.15) is 55.5 Å². The Kier molecular flexibility index (Phi) is 4.55. The van der Waals surface area contributed by atoms with Gasteiger partial charge in [0.2, 0.25) is 0 Å².